The second kappa shape index (κ2) is 6.55. The van der Waals surface area contributed by atoms with Crippen molar-refractivity contribution in [1.29, 1.82) is 0 Å². The molecular formula is C14H22N3O3S+. The zero-order chi connectivity index (χ0) is 15.5. The van der Waals surface area contributed by atoms with Gasteiger partial charge in [0.15, 0.2) is 6.04 Å². The highest BCUT2D eigenvalue weighted by Gasteiger charge is 2.26. The summed E-state index contributed by atoms with van der Waals surface area (Å²) < 4.78 is 22.3. The van der Waals surface area contributed by atoms with Gasteiger partial charge in [-0.25, -0.2) is 13.6 Å². The molecule has 1 aliphatic rings. The zero-order valence-electron chi connectivity index (χ0n) is 12.1. The first-order valence-corrected chi connectivity index (χ1v) is 8.71. The smallest absolute Gasteiger partial charge is 0.282 e. The first-order chi connectivity index (χ1) is 9.88. The van der Waals surface area contributed by atoms with Gasteiger partial charge in [0.25, 0.3) is 5.91 Å². The van der Waals surface area contributed by atoms with Gasteiger partial charge in [0.2, 0.25) is 10.0 Å². The molecule has 0 unspecified atom stereocenters. The van der Waals surface area contributed by atoms with Crippen LogP contribution in [0.25, 0.3) is 0 Å². The number of hydrogen-bond donors (Lipinski definition) is 3. The number of anilines is 1. The van der Waals surface area contributed by atoms with Crippen LogP contribution >= 0.6 is 0 Å². The fourth-order valence-corrected chi connectivity index (χ4v) is 3.12. The lowest BCUT2D eigenvalue weighted by atomic mass is 10.1. The van der Waals surface area contributed by atoms with Crippen molar-refractivity contribution in [2.45, 2.75) is 37.1 Å². The molecule has 0 aliphatic carbocycles. The molecule has 0 bridgehead atoms. The molecule has 116 valence electrons. The number of likely N-dealkylation sites (tertiary alicyclic amines) is 1. The molecule has 1 saturated heterocycles. The molecule has 1 aliphatic heterocycles. The van der Waals surface area contributed by atoms with Gasteiger partial charge in [-0.2, -0.15) is 0 Å². The van der Waals surface area contributed by atoms with Gasteiger partial charge in [0, 0.05) is 5.69 Å². The number of amides is 1. The van der Waals surface area contributed by atoms with Crippen LogP contribution in [0.4, 0.5) is 5.69 Å². The molecule has 0 aromatic heterocycles. The van der Waals surface area contributed by atoms with Crippen molar-refractivity contribution >= 4 is 21.6 Å². The molecule has 1 heterocycles. The van der Waals surface area contributed by atoms with Crippen molar-refractivity contribution < 1.29 is 18.1 Å². The minimum absolute atomic E-state index is 0.0372. The van der Waals surface area contributed by atoms with Gasteiger partial charge in [-0.15, -0.1) is 0 Å². The lowest BCUT2D eigenvalue weighted by Crippen LogP contribution is -3.17. The zero-order valence-corrected chi connectivity index (χ0v) is 12.9. The van der Waals surface area contributed by atoms with Crippen molar-refractivity contribution in [2.75, 3.05) is 18.4 Å². The molecule has 2 rings (SSSR count). The predicted octanol–water partition coefficient (Wildman–Crippen LogP) is -0.270. The van der Waals surface area contributed by atoms with Crippen molar-refractivity contribution in [1.82, 2.24) is 0 Å². The van der Waals surface area contributed by atoms with Crippen LogP contribution in [-0.2, 0) is 14.8 Å². The molecule has 1 aromatic rings. The van der Waals surface area contributed by atoms with E-state index in [1.807, 2.05) is 6.92 Å². The van der Waals surface area contributed by atoms with Gasteiger partial charge in [-0.1, -0.05) is 0 Å². The summed E-state index contributed by atoms with van der Waals surface area (Å²) in [5.41, 5.74) is 0.579. The van der Waals surface area contributed by atoms with Crippen LogP contribution in [0.5, 0.6) is 0 Å². The summed E-state index contributed by atoms with van der Waals surface area (Å²) in [5.74, 6) is -0.0461. The first kappa shape index (κ1) is 15.9. The first-order valence-electron chi connectivity index (χ1n) is 7.16. The summed E-state index contributed by atoms with van der Waals surface area (Å²) in [5, 5.41) is 7.86. The molecule has 1 fully saturated rings. The number of piperidine rings is 1. The van der Waals surface area contributed by atoms with E-state index in [0.717, 1.165) is 25.9 Å². The minimum atomic E-state index is -3.70. The van der Waals surface area contributed by atoms with E-state index in [1.165, 1.54) is 23.5 Å². The molecule has 0 saturated carbocycles. The fourth-order valence-electron chi connectivity index (χ4n) is 2.60. The number of carbonyl (C=O) groups excluding carboxylic acids is 1. The van der Waals surface area contributed by atoms with E-state index >= 15 is 0 Å². The summed E-state index contributed by atoms with van der Waals surface area (Å²) in [7, 11) is -3.70. The summed E-state index contributed by atoms with van der Waals surface area (Å²) in [6.07, 6.45) is 3.57. The Morgan fingerprint density at radius 3 is 2.29 bits per heavy atom. The Balaban J connectivity index is 1.99. The largest absolute Gasteiger partial charge is 0.325 e. The standard InChI is InChI=1S/C14H21N3O3S/c1-11(17-9-3-2-4-10-17)14(18)16-12-5-7-13(8-6-12)21(15,19)20/h5-8,11H,2-4,9-10H2,1H3,(H,16,18)(H2,15,19,20)/p+1/t11-/m0/s1. The Labute approximate surface area is 125 Å². The Bertz CT molecular complexity index is 592. The van der Waals surface area contributed by atoms with Crippen molar-refractivity contribution in [3.05, 3.63) is 24.3 Å². The van der Waals surface area contributed by atoms with Gasteiger partial charge in [0.05, 0.1) is 18.0 Å². The Morgan fingerprint density at radius 2 is 1.76 bits per heavy atom. The second-order valence-corrected chi connectivity index (χ2v) is 7.06. The third kappa shape index (κ3) is 4.26. The van der Waals surface area contributed by atoms with Crippen molar-refractivity contribution in [3.63, 3.8) is 0 Å². The molecule has 1 atom stereocenters. The molecule has 1 aromatic carbocycles. The number of nitrogens with two attached hydrogens (primary N) is 1. The SMILES string of the molecule is C[C@@H](C(=O)Nc1ccc(S(N)(=O)=O)cc1)[NH+]1CCCCC1. The van der Waals surface area contributed by atoms with E-state index < -0.39 is 10.0 Å². The molecule has 7 heteroatoms. The number of sulfonamides is 1. The van der Waals surface area contributed by atoms with Crippen molar-refractivity contribution in [2.24, 2.45) is 5.14 Å². The maximum Gasteiger partial charge on any atom is 0.282 e. The van der Waals surface area contributed by atoms with Crippen LogP contribution in [0.1, 0.15) is 26.2 Å². The van der Waals surface area contributed by atoms with E-state index in [-0.39, 0.29) is 16.8 Å². The molecule has 0 radical (unpaired) electrons. The number of benzene rings is 1. The molecular weight excluding hydrogens is 290 g/mol. The Kier molecular flexibility index (Phi) is 4.97. The van der Waals surface area contributed by atoms with E-state index in [4.69, 9.17) is 5.14 Å². The minimum Gasteiger partial charge on any atom is -0.325 e. The van der Waals surface area contributed by atoms with Gasteiger partial charge >= 0.3 is 0 Å². The summed E-state index contributed by atoms with van der Waals surface area (Å²) in [6.45, 7) is 3.98. The van der Waals surface area contributed by atoms with Gasteiger partial charge in [0.1, 0.15) is 0 Å². The number of carbonyl (C=O) groups is 1. The lowest BCUT2D eigenvalue weighted by molar-refractivity contribution is -0.918. The highest BCUT2D eigenvalue weighted by Crippen LogP contribution is 2.12. The Morgan fingerprint density at radius 1 is 1.19 bits per heavy atom. The van der Waals surface area contributed by atoms with E-state index in [2.05, 4.69) is 5.32 Å². The van der Waals surface area contributed by atoms with Gasteiger partial charge < -0.3 is 10.2 Å². The monoisotopic (exact) mass is 312 g/mol. The average Bonchev–Trinajstić information content (AvgIpc) is 2.47. The fraction of sp³-hybridized carbons (Fsp3) is 0.500. The van der Waals surface area contributed by atoms with Crippen LogP contribution in [0, 0.1) is 0 Å². The number of rotatable bonds is 4. The average molecular weight is 312 g/mol. The number of nitrogens with one attached hydrogen (secondary N) is 2. The van der Waals surface area contributed by atoms with E-state index in [9.17, 15) is 13.2 Å². The Hall–Kier alpha value is -1.44. The molecule has 1 amide bonds. The predicted molar refractivity (Wildman–Crippen MR) is 80.5 cm³/mol. The van der Waals surface area contributed by atoms with Crippen LogP contribution in [0.2, 0.25) is 0 Å². The van der Waals surface area contributed by atoms with Crippen LogP contribution in [0.15, 0.2) is 29.2 Å². The normalized spacial score (nSPS) is 18.2. The maximum atomic E-state index is 12.2. The number of quaternary nitrogens is 1. The number of hydrogen-bond acceptors (Lipinski definition) is 3. The third-order valence-electron chi connectivity index (χ3n) is 3.95. The second-order valence-electron chi connectivity index (χ2n) is 5.50. The van der Waals surface area contributed by atoms with Gasteiger partial charge in [-0.3, -0.25) is 4.79 Å². The third-order valence-corrected chi connectivity index (χ3v) is 4.88. The van der Waals surface area contributed by atoms with Crippen LogP contribution in [0.3, 0.4) is 0 Å². The van der Waals surface area contributed by atoms with Crippen LogP contribution in [-0.4, -0.2) is 33.5 Å². The topological polar surface area (TPSA) is 93.7 Å². The highest BCUT2D eigenvalue weighted by atomic mass is 32.2. The van der Waals surface area contributed by atoms with E-state index in [1.54, 1.807) is 12.1 Å². The lowest BCUT2D eigenvalue weighted by Gasteiger charge is -2.28. The molecule has 6 nitrogen and oxygen atoms in total. The van der Waals surface area contributed by atoms with Crippen LogP contribution < -0.4 is 15.4 Å². The summed E-state index contributed by atoms with van der Waals surface area (Å²) in [6, 6.07) is 5.78. The number of primary sulfonamides is 1. The van der Waals surface area contributed by atoms with E-state index in [0.29, 0.717) is 5.69 Å². The van der Waals surface area contributed by atoms with Crippen molar-refractivity contribution in [3.8, 4) is 0 Å². The summed E-state index contributed by atoms with van der Waals surface area (Å²) >= 11 is 0. The quantitative estimate of drug-likeness (QED) is 0.714. The highest BCUT2D eigenvalue weighted by molar-refractivity contribution is 7.89. The maximum absolute atomic E-state index is 12.2. The molecule has 0 spiro atoms. The van der Waals surface area contributed by atoms with Gasteiger partial charge in [-0.05, 0) is 50.5 Å². The molecule has 21 heavy (non-hydrogen) atoms. The summed E-state index contributed by atoms with van der Waals surface area (Å²) in [4.78, 5) is 13.6. The molecule has 4 N–H and O–H groups in total.